The normalized spacial score (nSPS) is 12.0. The average molecular weight is 358 g/mol. The second-order valence-corrected chi connectivity index (χ2v) is 7.13. The maximum absolute atomic E-state index is 12.1. The van der Waals surface area contributed by atoms with Crippen LogP contribution in [0.4, 0.5) is 5.13 Å². The van der Waals surface area contributed by atoms with E-state index < -0.39 is 6.10 Å². The average Bonchev–Trinajstić information content (AvgIpc) is 2.94. The van der Waals surface area contributed by atoms with E-state index in [1.54, 1.807) is 43.0 Å². The third-order valence-electron chi connectivity index (χ3n) is 2.58. The third kappa shape index (κ3) is 4.86. The third-order valence-corrected chi connectivity index (χ3v) is 5.07. The molecule has 2 aromatic rings. The van der Waals surface area contributed by atoms with Gasteiger partial charge < -0.3 is 4.74 Å². The summed E-state index contributed by atoms with van der Waals surface area (Å²) in [6, 6.07) is 7.03. The molecular weight excluding hydrogens is 342 g/mol. The molecule has 5 nitrogen and oxygen atoms in total. The minimum atomic E-state index is -0.685. The highest BCUT2D eigenvalue weighted by Crippen LogP contribution is 2.27. The number of thioether (sulfide) groups is 1. The van der Waals surface area contributed by atoms with Crippen LogP contribution in [0.1, 0.15) is 20.3 Å². The molecule has 0 radical (unpaired) electrons. The number of halogens is 1. The summed E-state index contributed by atoms with van der Waals surface area (Å²) >= 11 is 8.99. The molecule has 1 unspecified atom stereocenters. The zero-order chi connectivity index (χ0) is 15.9. The summed E-state index contributed by atoms with van der Waals surface area (Å²) in [5, 5.41) is 11.6. The van der Waals surface area contributed by atoms with E-state index in [-0.39, 0.29) is 5.91 Å². The zero-order valence-electron chi connectivity index (χ0n) is 12.2. The highest BCUT2D eigenvalue weighted by Gasteiger charge is 2.18. The zero-order valence-corrected chi connectivity index (χ0v) is 14.6. The molecule has 0 saturated heterocycles. The molecule has 1 N–H and O–H groups in total. The lowest BCUT2D eigenvalue weighted by atomic mass is 10.3. The fraction of sp³-hybridized carbons (Fsp3) is 0.357. The Kier molecular flexibility index (Phi) is 6.48. The van der Waals surface area contributed by atoms with Gasteiger partial charge in [0.15, 0.2) is 10.4 Å². The van der Waals surface area contributed by atoms with Gasteiger partial charge in [0.25, 0.3) is 5.91 Å². The van der Waals surface area contributed by atoms with Gasteiger partial charge >= 0.3 is 0 Å². The number of benzene rings is 1. The van der Waals surface area contributed by atoms with E-state index in [1.807, 2.05) is 0 Å². The first kappa shape index (κ1) is 17.1. The number of aromatic nitrogens is 2. The fourth-order valence-electron chi connectivity index (χ4n) is 1.50. The van der Waals surface area contributed by atoms with Crippen LogP contribution < -0.4 is 10.1 Å². The Morgan fingerprint density at radius 2 is 2.23 bits per heavy atom. The predicted molar refractivity (Wildman–Crippen MR) is 91.1 cm³/mol. The number of hydrogen-bond acceptors (Lipinski definition) is 6. The summed E-state index contributed by atoms with van der Waals surface area (Å²) in [6.07, 6.45) is 0.379. The molecule has 0 saturated carbocycles. The molecule has 0 bridgehead atoms. The minimum absolute atomic E-state index is 0.289. The quantitative estimate of drug-likeness (QED) is 0.597. The SMILES string of the molecule is CCCSc1nnc(NC(=O)C(C)Oc2ccccc2Cl)s1. The number of nitrogens with zero attached hydrogens (tertiary/aromatic N) is 2. The Balaban J connectivity index is 1.91. The standard InChI is InChI=1S/C14H16ClN3O2S2/c1-3-8-21-14-18-17-13(22-14)16-12(19)9(2)20-11-7-5-4-6-10(11)15/h4-7,9H,3,8H2,1-2H3,(H,16,17,19). The van der Waals surface area contributed by atoms with Crippen LogP contribution in [0.3, 0.4) is 0 Å². The van der Waals surface area contributed by atoms with Crippen molar-refractivity contribution in [3.05, 3.63) is 29.3 Å². The predicted octanol–water partition coefficient (Wildman–Crippen LogP) is 4.10. The van der Waals surface area contributed by atoms with Crippen molar-refractivity contribution in [2.75, 3.05) is 11.1 Å². The van der Waals surface area contributed by atoms with Crippen molar-refractivity contribution in [2.45, 2.75) is 30.7 Å². The number of carbonyl (C=O) groups is 1. The summed E-state index contributed by atoms with van der Waals surface area (Å²) in [5.74, 6) is 1.17. The molecule has 1 aromatic carbocycles. The van der Waals surface area contributed by atoms with Crippen molar-refractivity contribution in [1.29, 1.82) is 0 Å². The number of nitrogens with one attached hydrogen (secondary N) is 1. The van der Waals surface area contributed by atoms with Gasteiger partial charge in [-0.3, -0.25) is 10.1 Å². The number of para-hydroxylation sites is 1. The largest absolute Gasteiger partial charge is 0.479 e. The second kappa shape index (κ2) is 8.36. The molecular formula is C14H16ClN3O2S2. The minimum Gasteiger partial charge on any atom is -0.479 e. The van der Waals surface area contributed by atoms with Gasteiger partial charge in [-0.15, -0.1) is 10.2 Å². The molecule has 8 heteroatoms. The summed E-state index contributed by atoms with van der Waals surface area (Å²) in [4.78, 5) is 12.1. The second-order valence-electron chi connectivity index (χ2n) is 4.40. The van der Waals surface area contributed by atoms with Crippen LogP contribution in [0, 0.1) is 0 Å². The summed E-state index contributed by atoms with van der Waals surface area (Å²) in [5.41, 5.74) is 0. The Morgan fingerprint density at radius 3 is 2.95 bits per heavy atom. The first-order valence-electron chi connectivity index (χ1n) is 6.78. The number of hydrogen-bond donors (Lipinski definition) is 1. The molecule has 22 heavy (non-hydrogen) atoms. The van der Waals surface area contributed by atoms with Crippen molar-refractivity contribution in [1.82, 2.24) is 10.2 Å². The lowest BCUT2D eigenvalue weighted by Gasteiger charge is -2.14. The molecule has 0 fully saturated rings. The van der Waals surface area contributed by atoms with Crippen LogP contribution in [0.2, 0.25) is 5.02 Å². The van der Waals surface area contributed by atoms with Crippen LogP contribution >= 0.6 is 34.7 Å². The number of anilines is 1. The van der Waals surface area contributed by atoms with Gasteiger partial charge in [-0.1, -0.05) is 53.8 Å². The number of amides is 1. The van der Waals surface area contributed by atoms with Gasteiger partial charge in [0.2, 0.25) is 5.13 Å². The van der Waals surface area contributed by atoms with Crippen LogP contribution in [0.5, 0.6) is 5.75 Å². The van der Waals surface area contributed by atoms with Gasteiger partial charge in [0.1, 0.15) is 5.75 Å². The smallest absolute Gasteiger partial charge is 0.266 e. The molecule has 0 aliphatic heterocycles. The number of rotatable bonds is 7. The summed E-state index contributed by atoms with van der Waals surface area (Å²) in [6.45, 7) is 3.76. The number of carbonyl (C=O) groups excluding carboxylic acids is 1. The van der Waals surface area contributed by atoms with E-state index in [0.29, 0.717) is 15.9 Å². The van der Waals surface area contributed by atoms with Crippen molar-refractivity contribution in [3.8, 4) is 5.75 Å². The van der Waals surface area contributed by atoms with Gasteiger partial charge in [-0.2, -0.15) is 0 Å². The van der Waals surface area contributed by atoms with Crippen LogP contribution in [0.25, 0.3) is 0 Å². The highest BCUT2D eigenvalue weighted by molar-refractivity contribution is 8.01. The van der Waals surface area contributed by atoms with Gasteiger partial charge in [-0.25, -0.2) is 0 Å². The molecule has 2 rings (SSSR count). The van der Waals surface area contributed by atoms with E-state index >= 15 is 0 Å². The van der Waals surface area contributed by atoms with Gasteiger partial charge in [0.05, 0.1) is 5.02 Å². The fourth-order valence-corrected chi connectivity index (χ4v) is 3.36. The Bertz CT molecular complexity index is 636. The molecule has 1 heterocycles. The first-order chi connectivity index (χ1) is 10.6. The van der Waals surface area contributed by atoms with Gasteiger partial charge in [0, 0.05) is 5.75 Å². The number of ether oxygens (including phenoxy) is 1. The monoisotopic (exact) mass is 357 g/mol. The molecule has 0 spiro atoms. The summed E-state index contributed by atoms with van der Waals surface area (Å²) < 4.78 is 6.40. The molecule has 0 aliphatic carbocycles. The van der Waals surface area contributed by atoms with Crippen molar-refractivity contribution < 1.29 is 9.53 Å². The lowest BCUT2D eigenvalue weighted by molar-refractivity contribution is -0.122. The van der Waals surface area contributed by atoms with Crippen LogP contribution in [0.15, 0.2) is 28.6 Å². The van der Waals surface area contributed by atoms with E-state index in [0.717, 1.165) is 16.5 Å². The first-order valence-corrected chi connectivity index (χ1v) is 8.96. The van der Waals surface area contributed by atoms with E-state index in [9.17, 15) is 4.79 Å². The Hall–Kier alpha value is -1.31. The molecule has 0 aliphatic rings. The Morgan fingerprint density at radius 1 is 1.45 bits per heavy atom. The summed E-state index contributed by atoms with van der Waals surface area (Å²) in [7, 11) is 0. The van der Waals surface area contributed by atoms with E-state index in [4.69, 9.17) is 16.3 Å². The topological polar surface area (TPSA) is 64.1 Å². The molecule has 1 atom stereocenters. The van der Waals surface area contributed by atoms with E-state index in [2.05, 4.69) is 22.4 Å². The van der Waals surface area contributed by atoms with Crippen molar-refractivity contribution in [2.24, 2.45) is 0 Å². The Labute approximate surface area is 142 Å². The van der Waals surface area contributed by atoms with Gasteiger partial charge in [-0.05, 0) is 25.5 Å². The molecule has 1 aromatic heterocycles. The molecule has 118 valence electrons. The highest BCUT2D eigenvalue weighted by atomic mass is 35.5. The lowest BCUT2D eigenvalue weighted by Crippen LogP contribution is -2.30. The molecule has 1 amide bonds. The van der Waals surface area contributed by atoms with Crippen LogP contribution in [-0.2, 0) is 4.79 Å². The van der Waals surface area contributed by atoms with Crippen LogP contribution in [-0.4, -0.2) is 28.0 Å². The van der Waals surface area contributed by atoms with Crippen molar-refractivity contribution >= 4 is 45.7 Å². The van der Waals surface area contributed by atoms with Crippen molar-refractivity contribution in [3.63, 3.8) is 0 Å². The maximum Gasteiger partial charge on any atom is 0.266 e. The van der Waals surface area contributed by atoms with E-state index in [1.165, 1.54) is 11.3 Å². The maximum atomic E-state index is 12.1.